The zero-order chi connectivity index (χ0) is 11.5. The van der Waals surface area contributed by atoms with Crippen LogP contribution in [0, 0.1) is 12.8 Å². The van der Waals surface area contributed by atoms with Crippen molar-refractivity contribution in [2.24, 2.45) is 5.92 Å². The van der Waals surface area contributed by atoms with E-state index in [-0.39, 0.29) is 12.5 Å². The third-order valence-electron chi connectivity index (χ3n) is 2.95. The van der Waals surface area contributed by atoms with Crippen LogP contribution in [0.5, 0.6) is 0 Å². The molecule has 1 saturated heterocycles. The summed E-state index contributed by atoms with van der Waals surface area (Å²) in [4.78, 5) is 13.7. The van der Waals surface area contributed by atoms with E-state index in [4.69, 9.17) is 9.63 Å². The van der Waals surface area contributed by atoms with Crippen molar-refractivity contribution in [3.05, 3.63) is 17.5 Å². The summed E-state index contributed by atoms with van der Waals surface area (Å²) in [5, 5.41) is 12.5. The lowest BCUT2D eigenvalue weighted by atomic mass is 10.1. The van der Waals surface area contributed by atoms with Crippen LogP contribution in [-0.2, 0) is 0 Å². The van der Waals surface area contributed by atoms with Gasteiger partial charge in [-0.25, -0.2) is 0 Å². The van der Waals surface area contributed by atoms with E-state index in [1.165, 1.54) is 0 Å². The number of carbonyl (C=O) groups excluding carboxylic acids is 1. The van der Waals surface area contributed by atoms with E-state index in [9.17, 15) is 4.79 Å². The highest BCUT2D eigenvalue weighted by atomic mass is 16.5. The lowest BCUT2D eigenvalue weighted by molar-refractivity contribution is 0.0743. The van der Waals surface area contributed by atoms with Gasteiger partial charge in [-0.1, -0.05) is 5.16 Å². The molecule has 0 spiro atoms. The minimum atomic E-state index is -0.0963. The van der Waals surface area contributed by atoms with Gasteiger partial charge in [-0.05, 0) is 25.7 Å². The molecule has 1 aliphatic rings. The second-order valence-electron chi connectivity index (χ2n) is 4.25. The lowest BCUT2D eigenvalue weighted by Crippen LogP contribution is -2.28. The van der Waals surface area contributed by atoms with Crippen molar-refractivity contribution in [3.8, 4) is 0 Å². The fourth-order valence-corrected chi connectivity index (χ4v) is 2.06. The molecule has 1 aliphatic heterocycles. The van der Waals surface area contributed by atoms with Crippen LogP contribution in [0.15, 0.2) is 10.6 Å². The molecule has 5 nitrogen and oxygen atoms in total. The van der Waals surface area contributed by atoms with Gasteiger partial charge in [0, 0.05) is 25.8 Å². The van der Waals surface area contributed by atoms with Crippen molar-refractivity contribution >= 4 is 5.91 Å². The molecule has 0 aliphatic carbocycles. The van der Waals surface area contributed by atoms with Gasteiger partial charge in [0.05, 0.1) is 5.69 Å². The Morgan fingerprint density at radius 1 is 1.75 bits per heavy atom. The quantitative estimate of drug-likeness (QED) is 0.825. The Balaban J connectivity index is 1.97. The average molecular weight is 224 g/mol. The SMILES string of the molecule is Cc1cc(C(=O)N2CCC(CCO)C2)on1. The first-order valence-electron chi connectivity index (χ1n) is 5.54. The van der Waals surface area contributed by atoms with Crippen LogP contribution in [0.4, 0.5) is 0 Å². The summed E-state index contributed by atoms with van der Waals surface area (Å²) in [5.41, 5.74) is 0.717. The van der Waals surface area contributed by atoms with Gasteiger partial charge >= 0.3 is 0 Å². The van der Waals surface area contributed by atoms with Gasteiger partial charge in [0.15, 0.2) is 0 Å². The summed E-state index contributed by atoms with van der Waals surface area (Å²) in [6.45, 7) is 3.43. The molecular formula is C11H16N2O3. The summed E-state index contributed by atoms with van der Waals surface area (Å²) < 4.78 is 4.94. The minimum absolute atomic E-state index is 0.0963. The topological polar surface area (TPSA) is 66.6 Å². The van der Waals surface area contributed by atoms with Gasteiger partial charge in [0.25, 0.3) is 5.91 Å². The first kappa shape index (κ1) is 11.1. The molecule has 2 rings (SSSR count). The molecule has 16 heavy (non-hydrogen) atoms. The standard InChI is InChI=1S/C11H16N2O3/c1-8-6-10(16-12-8)11(15)13-4-2-9(7-13)3-5-14/h6,9,14H,2-5,7H2,1H3. The molecule has 1 unspecified atom stereocenters. The molecule has 5 heteroatoms. The number of aliphatic hydroxyl groups is 1. The van der Waals surface area contributed by atoms with Gasteiger partial charge in [-0.2, -0.15) is 0 Å². The fraction of sp³-hybridized carbons (Fsp3) is 0.636. The highest BCUT2D eigenvalue weighted by Gasteiger charge is 2.28. The number of amides is 1. The fourth-order valence-electron chi connectivity index (χ4n) is 2.06. The van der Waals surface area contributed by atoms with Gasteiger partial charge in [0.1, 0.15) is 0 Å². The molecular weight excluding hydrogens is 208 g/mol. The van der Waals surface area contributed by atoms with E-state index in [0.717, 1.165) is 25.1 Å². The van der Waals surface area contributed by atoms with Crippen molar-refractivity contribution in [2.75, 3.05) is 19.7 Å². The highest BCUT2D eigenvalue weighted by Crippen LogP contribution is 2.21. The average Bonchev–Trinajstić information content (AvgIpc) is 2.87. The third-order valence-corrected chi connectivity index (χ3v) is 2.95. The maximum absolute atomic E-state index is 11.9. The Hall–Kier alpha value is -1.36. The van der Waals surface area contributed by atoms with E-state index in [1.54, 1.807) is 17.9 Å². The zero-order valence-electron chi connectivity index (χ0n) is 9.35. The Morgan fingerprint density at radius 3 is 3.19 bits per heavy atom. The summed E-state index contributed by atoms with van der Waals surface area (Å²) >= 11 is 0. The van der Waals surface area contributed by atoms with Crippen molar-refractivity contribution in [3.63, 3.8) is 0 Å². The Kier molecular flexibility index (Phi) is 3.24. The zero-order valence-corrected chi connectivity index (χ0v) is 9.35. The van der Waals surface area contributed by atoms with Crippen molar-refractivity contribution in [1.29, 1.82) is 0 Å². The van der Waals surface area contributed by atoms with Crippen LogP contribution in [0.3, 0.4) is 0 Å². The van der Waals surface area contributed by atoms with Gasteiger partial charge in [-0.3, -0.25) is 4.79 Å². The molecule has 0 radical (unpaired) electrons. The minimum Gasteiger partial charge on any atom is -0.396 e. The summed E-state index contributed by atoms with van der Waals surface area (Å²) in [6.07, 6.45) is 1.72. The number of carbonyl (C=O) groups is 1. The normalized spacial score (nSPS) is 20.4. The predicted molar refractivity (Wildman–Crippen MR) is 57.0 cm³/mol. The van der Waals surface area contributed by atoms with E-state index in [0.29, 0.717) is 18.2 Å². The Bertz CT molecular complexity index is 375. The van der Waals surface area contributed by atoms with Crippen LogP contribution in [0.25, 0.3) is 0 Å². The van der Waals surface area contributed by atoms with Gasteiger partial charge < -0.3 is 14.5 Å². The van der Waals surface area contributed by atoms with E-state index < -0.39 is 0 Å². The smallest absolute Gasteiger partial charge is 0.292 e. The van der Waals surface area contributed by atoms with Gasteiger partial charge in [0.2, 0.25) is 5.76 Å². The van der Waals surface area contributed by atoms with Gasteiger partial charge in [-0.15, -0.1) is 0 Å². The predicted octanol–water partition coefficient (Wildman–Crippen LogP) is 0.828. The maximum Gasteiger partial charge on any atom is 0.292 e. The number of aliphatic hydroxyl groups excluding tert-OH is 1. The van der Waals surface area contributed by atoms with Crippen LogP contribution >= 0.6 is 0 Å². The van der Waals surface area contributed by atoms with Crippen molar-refractivity contribution in [1.82, 2.24) is 10.1 Å². The molecule has 88 valence electrons. The first-order chi connectivity index (χ1) is 7.70. The Labute approximate surface area is 94.0 Å². The van der Waals surface area contributed by atoms with Crippen molar-refractivity contribution < 1.29 is 14.4 Å². The molecule has 1 amide bonds. The number of aromatic nitrogens is 1. The number of hydrogen-bond donors (Lipinski definition) is 1. The Morgan fingerprint density at radius 2 is 2.56 bits per heavy atom. The molecule has 1 N–H and O–H groups in total. The van der Waals surface area contributed by atoms with Crippen LogP contribution in [-0.4, -0.2) is 40.8 Å². The van der Waals surface area contributed by atoms with Crippen LogP contribution in [0.1, 0.15) is 29.1 Å². The number of hydrogen-bond acceptors (Lipinski definition) is 4. The highest BCUT2D eigenvalue weighted by molar-refractivity contribution is 5.91. The molecule has 1 aromatic rings. The number of likely N-dealkylation sites (tertiary alicyclic amines) is 1. The van der Waals surface area contributed by atoms with Crippen LogP contribution < -0.4 is 0 Å². The lowest BCUT2D eigenvalue weighted by Gasteiger charge is -2.13. The maximum atomic E-state index is 11.9. The molecule has 0 aromatic carbocycles. The first-order valence-corrected chi connectivity index (χ1v) is 5.54. The largest absolute Gasteiger partial charge is 0.396 e. The summed E-state index contributed by atoms with van der Waals surface area (Å²) in [6, 6.07) is 1.65. The molecule has 1 fully saturated rings. The second-order valence-corrected chi connectivity index (χ2v) is 4.25. The molecule has 0 saturated carbocycles. The summed E-state index contributed by atoms with van der Waals surface area (Å²) in [7, 11) is 0. The van der Waals surface area contributed by atoms with E-state index >= 15 is 0 Å². The monoisotopic (exact) mass is 224 g/mol. The number of nitrogens with zero attached hydrogens (tertiary/aromatic N) is 2. The van der Waals surface area contributed by atoms with E-state index in [1.807, 2.05) is 0 Å². The molecule has 0 bridgehead atoms. The number of rotatable bonds is 3. The second kappa shape index (κ2) is 4.65. The molecule has 1 aromatic heterocycles. The molecule has 1 atom stereocenters. The van der Waals surface area contributed by atoms with Crippen molar-refractivity contribution in [2.45, 2.75) is 19.8 Å². The third kappa shape index (κ3) is 2.24. The number of aryl methyl sites for hydroxylation is 1. The molecule has 2 heterocycles. The summed E-state index contributed by atoms with van der Waals surface area (Å²) in [5.74, 6) is 0.626. The van der Waals surface area contributed by atoms with E-state index in [2.05, 4.69) is 5.16 Å². The van der Waals surface area contributed by atoms with Crippen LogP contribution in [0.2, 0.25) is 0 Å².